The molecule has 0 unspecified atom stereocenters. The highest BCUT2D eigenvalue weighted by Crippen LogP contribution is 2.22. The van der Waals surface area contributed by atoms with Crippen LogP contribution in [0, 0.1) is 0 Å². The fourth-order valence-corrected chi connectivity index (χ4v) is 2.89. The molecule has 7 heteroatoms. The van der Waals surface area contributed by atoms with Crippen molar-refractivity contribution in [3.8, 4) is 23.0 Å². The van der Waals surface area contributed by atoms with Gasteiger partial charge in [0.25, 0.3) is 5.91 Å². The third kappa shape index (κ3) is 7.28. The molecule has 0 aliphatic carbocycles. The van der Waals surface area contributed by atoms with Gasteiger partial charge in [0.1, 0.15) is 29.6 Å². The SMILES string of the molecule is CCCOc1ccc(C=NNC(=O)c2ccc(COc3ccc(OCC)cc3)cc2)c(O)c1. The first-order valence-electron chi connectivity index (χ1n) is 10.8. The molecular weight excluding hydrogens is 420 g/mol. The zero-order valence-electron chi connectivity index (χ0n) is 18.8. The van der Waals surface area contributed by atoms with Gasteiger partial charge in [-0.05, 0) is 67.4 Å². The van der Waals surface area contributed by atoms with E-state index in [1.165, 1.54) is 12.3 Å². The molecule has 3 aromatic rings. The highest BCUT2D eigenvalue weighted by Gasteiger charge is 2.06. The molecule has 3 rings (SSSR count). The minimum atomic E-state index is -0.354. The number of benzene rings is 3. The van der Waals surface area contributed by atoms with Gasteiger partial charge in [-0.1, -0.05) is 19.1 Å². The van der Waals surface area contributed by atoms with E-state index < -0.39 is 0 Å². The Labute approximate surface area is 193 Å². The summed E-state index contributed by atoms with van der Waals surface area (Å²) in [5.41, 5.74) is 4.33. The first-order valence-corrected chi connectivity index (χ1v) is 10.8. The molecule has 2 N–H and O–H groups in total. The quantitative estimate of drug-likeness (QED) is 0.321. The second-order valence-corrected chi connectivity index (χ2v) is 7.16. The number of ether oxygens (including phenoxy) is 3. The molecule has 1 amide bonds. The average molecular weight is 449 g/mol. The molecule has 33 heavy (non-hydrogen) atoms. The van der Waals surface area contributed by atoms with E-state index in [4.69, 9.17) is 14.2 Å². The van der Waals surface area contributed by atoms with Crippen LogP contribution in [0.5, 0.6) is 23.0 Å². The predicted molar refractivity (Wildman–Crippen MR) is 127 cm³/mol. The minimum Gasteiger partial charge on any atom is -0.507 e. The van der Waals surface area contributed by atoms with Crippen molar-refractivity contribution in [2.45, 2.75) is 26.9 Å². The topological polar surface area (TPSA) is 89.4 Å². The maximum atomic E-state index is 12.3. The molecule has 0 spiro atoms. The maximum absolute atomic E-state index is 12.3. The Bertz CT molecular complexity index is 1060. The number of phenols is 1. The van der Waals surface area contributed by atoms with Crippen LogP contribution < -0.4 is 19.6 Å². The summed E-state index contributed by atoms with van der Waals surface area (Å²) in [6.07, 6.45) is 2.27. The van der Waals surface area contributed by atoms with Gasteiger partial charge in [-0.15, -0.1) is 0 Å². The molecule has 0 aliphatic heterocycles. The van der Waals surface area contributed by atoms with Crippen molar-refractivity contribution >= 4 is 12.1 Å². The molecule has 0 heterocycles. The standard InChI is InChI=1S/C26H28N2O5/c1-3-15-32-24-10-9-21(25(29)16-24)17-27-28-26(30)20-7-5-19(6-8-20)18-33-23-13-11-22(12-14-23)31-4-2/h5-14,16-17,29H,3-4,15,18H2,1-2H3,(H,28,30). The largest absolute Gasteiger partial charge is 0.507 e. The fraction of sp³-hybridized carbons (Fsp3) is 0.231. The third-order valence-corrected chi connectivity index (χ3v) is 4.60. The van der Waals surface area contributed by atoms with Crippen molar-refractivity contribution < 1.29 is 24.1 Å². The molecule has 7 nitrogen and oxygen atoms in total. The second-order valence-electron chi connectivity index (χ2n) is 7.16. The van der Waals surface area contributed by atoms with E-state index in [0.29, 0.717) is 36.7 Å². The Morgan fingerprint density at radius 1 is 0.909 bits per heavy atom. The van der Waals surface area contributed by atoms with Gasteiger partial charge in [-0.3, -0.25) is 4.79 Å². The van der Waals surface area contributed by atoms with Gasteiger partial charge < -0.3 is 19.3 Å². The number of carbonyl (C=O) groups is 1. The van der Waals surface area contributed by atoms with Crippen LogP contribution in [0.3, 0.4) is 0 Å². The van der Waals surface area contributed by atoms with Crippen molar-refractivity contribution in [2.24, 2.45) is 5.10 Å². The van der Waals surface area contributed by atoms with Crippen molar-refractivity contribution in [2.75, 3.05) is 13.2 Å². The molecule has 172 valence electrons. The zero-order chi connectivity index (χ0) is 23.5. The Morgan fingerprint density at radius 2 is 1.58 bits per heavy atom. The highest BCUT2D eigenvalue weighted by atomic mass is 16.5. The zero-order valence-corrected chi connectivity index (χ0v) is 18.8. The van der Waals surface area contributed by atoms with Crippen LogP contribution >= 0.6 is 0 Å². The predicted octanol–water partition coefficient (Wildman–Crippen LogP) is 4.92. The van der Waals surface area contributed by atoms with Crippen molar-refractivity contribution in [1.82, 2.24) is 5.43 Å². The number of nitrogens with one attached hydrogen (secondary N) is 1. The normalized spacial score (nSPS) is 10.7. The van der Waals surface area contributed by atoms with Crippen LogP contribution in [-0.4, -0.2) is 30.4 Å². The molecule has 0 aliphatic rings. The smallest absolute Gasteiger partial charge is 0.271 e. The van der Waals surface area contributed by atoms with Gasteiger partial charge in [-0.25, -0.2) is 5.43 Å². The van der Waals surface area contributed by atoms with Crippen LogP contribution in [0.15, 0.2) is 71.8 Å². The van der Waals surface area contributed by atoms with E-state index in [-0.39, 0.29) is 11.7 Å². The third-order valence-electron chi connectivity index (χ3n) is 4.60. The van der Waals surface area contributed by atoms with Crippen LogP contribution in [-0.2, 0) is 6.61 Å². The van der Waals surface area contributed by atoms with E-state index in [1.807, 2.05) is 50.2 Å². The first-order chi connectivity index (χ1) is 16.1. The number of nitrogens with zero attached hydrogens (tertiary/aromatic N) is 1. The summed E-state index contributed by atoms with van der Waals surface area (Å²) in [7, 11) is 0. The Balaban J connectivity index is 1.49. The summed E-state index contributed by atoms with van der Waals surface area (Å²) in [6.45, 7) is 5.53. The summed E-state index contributed by atoms with van der Waals surface area (Å²) < 4.78 is 16.7. The molecule has 0 radical (unpaired) electrons. The number of rotatable bonds is 11. The summed E-state index contributed by atoms with van der Waals surface area (Å²) in [5, 5.41) is 14.0. The minimum absolute atomic E-state index is 0.0264. The van der Waals surface area contributed by atoms with Gasteiger partial charge in [-0.2, -0.15) is 5.10 Å². The number of phenolic OH excluding ortho intramolecular Hbond substituents is 1. The number of hydrogen-bond acceptors (Lipinski definition) is 6. The van der Waals surface area contributed by atoms with Crippen molar-refractivity contribution in [1.29, 1.82) is 0 Å². The number of hydrogen-bond donors (Lipinski definition) is 2. The van der Waals surface area contributed by atoms with Crippen LogP contribution in [0.25, 0.3) is 0 Å². The fourth-order valence-electron chi connectivity index (χ4n) is 2.89. The Hall–Kier alpha value is -4.00. The summed E-state index contributed by atoms with van der Waals surface area (Å²) >= 11 is 0. The van der Waals surface area contributed by atoms with E-state index >= 15 is 0 Å². The number of carbonyl (C=O) groups excluding carboxylic acids is 1. The van der Waals surface area contributed by atoms with E-state index in [1.54, 1.807) is 24.3 Å². The van der Waals surface area contributed by atoms with E-state index in [2.05, 4.69) is 10.5 Å². The van der Waals surface area contributed by atoms with Gasteiger partial charge in [0, 0.05) is 17.2 Å². The lowest BCUT2D eigenvalue weighted by molar-refractivity contribution is 0.0955. The number of aromatic hydroxyl groups is 1. The lowest BCUT2D eigenvalue weighted by Crippen LogP contribution is -2.17. The van der Waals surface area contributed by atoms with Crippen LogP contribution in [0.4, 0.5) is 0 Å². The van der Waals surface area contributed by atoms with Gasteiger partial charge >= 0.3 is 0 Å². The lowest BCUT2D eigenvalue weighted by Gasteiger charge is -2.08. The molecule has 0 saturated heterocycles. The lowest BCUT2D eigenvalue weighted by atomic mass is 10.1. The summed E-state index contributed by atoms with van der Waals surface area (Å²) in [5.74, 6) is 1.80. The van der Waals surface area contributed by atoms with Crippen molar-refractivity contribution in [3.05, 3.63) is 83.4 Å². The molecule has 0 saturated carbocycles. The average Bonchev–Trinajstić information content (AvgIpc) is 2.84. The van der Waals surface area contributed by atoms with Crippen LogP contribution in [0.1, 0.15) is 41.8 Å². The summed E-state index contributed by atoms with van der Waals surface area (Å²) in [4.78, 5) is 12.3. The maximum Gasteiger partial charge on any atom is 0.271 e. The Morgan fingerprint density at radius 3 is 2.21 bits per heavy atom. The van der Waals surface area contributed by atoms with Gasteiger partial charge in [0.15, 0.2) is 0 Å². The molecule has 0 bridgehead atoms. The highest BCUT2D eigenvalue weighted by molar-refractivity contribution is 5.95. The Kier molecular flexibility index (Phi) is 8.71. The van der Waals surface area contributed by atoms with Gasteiger partial charge in [0.2, 0.25) is 0 Å². The molecule has 0 fully saturated rings. The first kappa shape index (κ1) is 23.7. The molecule has 0 aromatic heterocycles. The van der Waals surface area contributed by atoms with Gasteiger partial charge in [0.05, 0.1) is 19.4 Å². The molecular formula is C26H28N2O5. The molecule has 3 aromatic carbocycles. The second kappa shape index (κ2) is 12.1. The van der Waals surface area contributed by atoms with Crippen LogP contribution in [0.2, 0.25) is 0 Å². The van der Waals surface area contributed by atoms with Crippen molar-refractivity contribution in [3.63, 3.8) is 0 Å². The van der Waals surface area contributed by atoms with E-state index in [0.717, 1.165) is 23.5 Å². The number of amides is 1. The number of hydrazone groups is 1. The monoisotopic (exact) mass is 448 g/mol. The summed E-state index contributed by atoms with van der Waals surface area (Å²) in [6, 6.07) is 19.4. The van der Waals surface area contributed by atoms with E-state index in [9.17, 15) is 9.90 Å². The molecule has 0 atom stereocenters.